The second kappa shape index (κ2) is 9.61. The molecule has 1 saturated carbocycles. The Morgan fingerprint density at radius 2 is 1.79 bits per heavy atom. The van der Waals surface area contributed by atoms with E-state index in [2.05, 4.69) is 54.4 Å². The Labute approximate surface area is 200 Å². The molecule has 0 atom stereocenters. The van der Waals surface area contributed by atoms with E-state index in [4.69, 9.17) is 20.2 Å². The lowest BCUT2D eigenvalue weighted by molar-refractivity contribution is 0.341. The Kier molecular flexibility index (Phi) is 6.81. The Balaban J connectivity index is 0.00000259. The molecule has 0 bridgehead atoms. The first kappa shape index (κ1) is 23.4. The van der Waals surface area contributed by atoms with E-state index in [0.29, 0.717) is 17.9 Å². The minimum absolute atomic E-state index is 0. The van der Waals surface area contributed by atoms with Crippen LogP contribution in [0.15, 0.2) is 34.7 Å². The fourth-order valence-electron chi connectivity index (χ4n) is 4.73. The van der Waals surface area contributed by atoms with E-state index in [-0.39, 0.29) is 12.4 Å². The first-order valence-electron chi connectivity index (χ1n) is 11.5. The maximum Gasteiger partial charge on any atom is 0.247 e. The molecule has 0 unspecified atom stereocenters. The summed E-state index contributed by atoms with van der Waals surface area (Å²) in [5.74, 6) is 1.66. The van der Waals surface area contributed by atoms with Gasteiger partial charge in [0.25, 0.3) is 0 Å². The molecule has 8 heteroatoms. The molecule has 0 saturated heterocycles. The van der Waals surface area contributed by atoms with Crippen LogP contribution < -0.4 is 5.73 Å². The molecule has 5 rings (SSSR count). The maximum atomic E-state index is 6.02. The normalized spacial score (nSPS) is 18.4. The molecule has 3 heterocycles. The Hall–Kier alpha value is -2.77. The van der Waals surface area contributed by atoms with Crippen molar-refractivity contribution in [2.45, 2.75) is 71.3 Å². The molecule has 2 N–H and O–H groups in total. The van der Waals surface area contributed by atoms with Crippen LogP contribution in [0.5, 0.6) is 0 Å². The molecule has 33 heavy (non-hydrogen) atoms. The van der Waals surface area contributed by atoms with Gasteiger partial charge in [-0.2, -0.15) is 5.10 Å². The zero-order chi connectivity index (χ0) is 22.2. The minimum Gasteiger partial charge on any atom is -0.420 e. The van der Waals surface area contributed by atoms with E-state index in [1.807, 2.05) is 11.4 Å². The van der Waals surface area contributed by atoms with E-state index in [1.165, 1.54) is 11.1 Å². The lowest BCUT2D eigenvalue weighted by atomic mass is 9.86. The van der Waals surface area contributed by atoms with Crippen LogP contribution >= 0.6 is 12.4 Å². The first-order chi connectivity index (χ1) is 15.5. The van der Waals surface area contributed by atoms with Crippen molar-refractivity contribution >= 4 is 18.1 Å². The molecule has 3 aromatic heterocycles. The van der Waals surface area contributed by atoms with Crippen molar-refractivity contribution in [2.24, 2.45) is 5.73 Å². The molecule has 0 amide bonds. The molecular formula is C25H31ClN6O. The van der Waals surface area contributed by atoms with Crippen molar-refractivity contribution in [1.29, 1.82) is 0 Å². The van der Waals surface area contributed by atoms with E-state index < -0.39 is 0 Å². The number of hydrogen-bond donors (Lipinski definition) is 1. The van der Waals surface area contributed by atoms with Crippen molar-refractivity contribution in [3.05, 3.63) is 64.4 Å². The highest BCUT2D eigenvalue weighted by atomic mass is 35.5. The van der Waals surface area contributed by atoms with Gasteiger partial charge in [-0.3, -0.25) is 0 Å². The number of fused-ring (bicyclic) bond motifs is 1. The van der Waals surface area contributed by atoms with E-state index in [1.54, 1.807) is 0 Å². The fourth-order valence-corrected chi connectivity index (χ4v) is 4.73. The summed E-state index contributed by atoms with van der Waals surface area (Å²) >= 11 is 0. The minimum atomic E-state index is 0. The summed E-state index contributed by atoms with van der Waals surface area (Å²) in [7, 11) is 0. The van der Waals surface area contributed by atoms with Gasteiger partial charge in [-0.05, 0) is 69.7 Å². The number of nitrogens with two attached hydrogens (primary N) is 1. The van der Waals surface area contributed by atoms with E-state index >= 15 is 0 Å². The monoisotopic (exact) mass is 466 g/mol. The molecule has 1 fully saturated rings. The average molecular weight is 467 g/mol. The molecule has 4 aromatic rings. The number of benzene rings is 1. The highest BCUT2D eigenvalue weighted by molar-refractivity contribution is 5.85. The fraction of sp³-hybridized carbons (Fsp3) is 0.440. The predicted octanol–water partition coefficient (Wildman–Crippen LogP) is 4.96. The van der Waals surface area contributed by atoms with Crippen molar-refractivity contribution in [3.63, 3.8) is 0 Å². The van der Waals surface area contributed by atoms with Crippen molar-refractivity contribution < 1.29 is 4.42 Å². The molecule has 0 radical (unpaired) electrons. The standard InChI is InChI=1S/C25H30N6O.ClH/c1-4-22-21(23-27-15(2)13-16(3)31(23)30-22)14-17-5-7-18(8-6-17)24-28-29-25(32-24)19-9-11-20(26)12-10-19;/h5-8,13,19-20H,4,9-12,14,26H2,1-3H3;1H. The maximum absolute atomic E-state index is 6.02. The van der Waals surface area contributed by atoms with Gasteiger partial charge in [0.1, 0.15) is 0 Å². The van der Waals surface area contributed by atoms with E-state index in [9.17, 15) is 0 Å². The summed E-state index contributed by atoms with van der Waals surface area (Å²) in [6.07, 6.45) is 5.76. The third-order valence-electron chi connectivity index (χ3n) is 6.55. The Bertz CT molecular complexity index is 1240. The summed E-state index contributed by atoms with van der Waals surface area (Å²) in [5.41, 5.74) is 13.6. The quantitative estimate of drug-likeness (QED) is 0.446. The third-order valence-corrected chi connectivity index (χ3v) is 6.55. The van der Waals surface area contributed by atoms with Crippen molar-refractivity contribution in [3.8, 4) is 11.5 Å². The van der Waals surface area contributed by atoms with Crippen LogP contribution in [0.3, 0.4) is 0 Å². The highest BCUT2D eigenvalue weighted by Gasteiger charge is 2.25. The lowest BCUT2D eigenvalue weighted by Crippen LogP contribution is -2.25. The van der Waals surface area contributed by atoms with Crippen LogP contribution in [0.1, 0.15) is 72.6 Å². The summed E-state index contributed by atoms with van der Waals surface area (Å²) < 4.78 is 7.99. The van der Waals surface area contributed by atoms with Gasteiger partial charge in [0.2, 0.25) is 11.8 Å². The zero-order valence-electron chi connectivity index (χ0n) is 19.4. The summed E-state index contributed by atoms with van der Waals surface area (Å²) in [5, 5.41) is 13.4. The number of aryl methyl sites for hydroxylation is 3. The molecule has 1 aliphatic carbocycles. The molecule has 0 aliphatic heterocycles. The summed E-state index contributed by atoms with van der Waals surface area (Å²) in [4.78, 5) is 4.78. The highest BCUT2D eigenvalue weighted by Crippen LogP contribution is 2.33. The van der Waals surface area contributed by atoms with Crippen LogP contribution in [0.4, 0.5) is 0 Å². The molecule has 174 valence electrons. The van der Waals surface area contributed by atoms with Crippen LogP contribution in [-0.4, -0.2) is 30.8 Å². The van der Waals surface area contributed by atoms with Gasteiger partial charge in [-0.1, -0.05) is 19.1 Å². The molecule has 1 aliphatic rings. The Morgan fingerprint density at radius 3 is 2.48 bits per heavy atom. The van der Waals surface area contributed by atoms with Crippen molar-refractivity contribution in [1.82, 2.24) is 24.8 Å². The smallest absolute Gasteiger partial charge is 0.247 e. The number of aromatic nitrogens is 5. The van der Waals surface area contributed by atoms with Gasteiger partial charge in [0.05, 0.1) is 5.69 Å². The van der Waals surface area contributed by atoms with Crippen LogP contribution in [0.25, 0.3) is 17.1 Å². The Morgan fingerprint density at radius 1 is 1.06 bits per heavy atom. The van der Waals surface area contributed by atoms with Crippen LogP contribution in [0.2, 0.25) is 0 Å². The second-order valence-electron chi connectivity index (χ2n) is 8.98. The largest absolute Gasteiger partial charge is 0.420 e. The van der Waals surface area contributed by atoms with Crippen molar-refractivity contribution in [2.75, 3.05) is 0 Å². The molecule has 7 nitrogen and oxygen atoms in total. The lowest BCUT2D eigenvalue weighted by Gasteiger charge is -2.23. The zero-order valence-corrected chi connectivity index (χ0v) is 20.2. The molecule has 0 spiro atoms. The predicted molar refractivity (Wildman–Crippen MR) is 131 cm³/mol. The van der Waals surface area contributed by atoms with Gasteiger partial charge >= 0.3 is 0 Å². The van der Waals surface area contributed by atoms with Gasteiger partial charge in [-0.25, -0.2) is 9.50 Å². The first-order valence-corrected chi connectivity index (χ1v) is 11.5. The van der Waals surface area contributed by atoms with Crippen LogP contribution in [-0.2, 0) is 12.8 Å². The van der Waals surface area contributed by atoms with Gasteiger partial charge in [0.15, 0.2) is 5.65 Å². The average Bonchev–Trinajstić information content (AvgIpc) is 3.41. The molecular weight excluding hydrogens is 436 g/mol. The number of halogens is 1. The third kappa shape index (κ3) is 4.66. The van der Waals surface area contributed by atoms with E-state index in [0.717, 1.165) is 72.7 Å². The second-order valence-corrected chi connectivity index (χ2v) is 8.98. The summed E-state index contributed by atoms with van der Waals surface area (Å²) in [6, 6.07) is 10.8. The molecule has 1 aromatic carbocycles. The topological polar surface area (TPSA) is 95.1 Å². The SMILES string of the molecule is CCc1nn2c(C)cc(C)nc2c1Cc1ccc(-c2nnc(C3CCC(N)CC3)o2)cc1.Cl. The number of hydrogen-bond acceptors (Lipinski definition) is 6. The van der Waals surface area contributed by atoms with Gasteiger partial charge in [0, 0.05) is 40.9 Å². The number of nitrogens with zero attached hydrogens (tertiary/aromatic N) is 5. The summed E-state index contributed by atoms with van der Waals surface area (Å²) in [6.45, 7) is 6.25. The van der Waals surface area contributed by atoms with Gasteiger partial charge in [-0.15, -0.1) is 22.6 Å². The van der Waals surface area contributed by atoms with Crippen LogP contribution in [0, 0.1) is 13.8 Å². The van der Waals surface area contributed by atoms with Gasteiger partial charge < -0.3 is 10.2 Å². The number of rotatable bonds is 5.